The Morgan fingerprint density at radius 3 is 2.41 bits per heavy atom. The number of hydrogen-bond acceptors (Lipinski definition) is 3. The van der Waals surface area contributed by atoms with Gasteiger partial charge in [-0.05, 0) is 67.6 Å². The van der Waals surface area contributed by atoms with Crippen molar-refractivity contribution in [3.8, 4) is 11.5 Å². The molecular formula is C19H25NO2. The fraction of sp³-hybridized carbons (Fsp3) is 0.368. The fourth-order valence-electron chi connectivity index (χ4n) is 2.47. The summed E-state index contributed by atoms with van der Waals surface area (Å²) in [5, 5.41) is 0. The molecule has 0 aliphatic carbocycles. The van der Waals surface area contributed by atoms with Crippen LogP contribution in [0.4, 0.5) is 0 Å². The van der Waals surface area contributed by atoms with Crippen molar-refractivity contribution in [2.45, 2.75) is 26.2 Å². The van der Waals surface area contributed by atoms with Crippen LogP contribution in [0, 0.1) is 13.8 Å². The van der Waals surface area contributed by atoms with Crippen LogP contribution in [0.1, 0.15) is 29.0 Å². The second kappa shape index (κ2) is 7.85. The summed E-state index contributed by atoms with van der Waals surface area (Å²) in [6, 6.07) is 14.4. The minimum atomic E-state index is 0.302. The van der Waals surface area contributed by atoms with Gasteiger partial charge in [-0.15, -0.1) is 0 Å². The summed E-state index contributed by atoms with van der Waals surface area (Å²) < 4.78 is 11.1. The first kappa shape index (κ1) is 16.4. The van der Waals surface area contributed by atoms with E-state index in [1.807, 2.05) is 12.1 Å². The average Bonchev–Trinajstić information content (AvgIpc) is 2.55. The molecule has 0 radical (unpaired) electrons. The first-order chi connectivity index (χ1) is 10.6. The van der Waals surface area contributed by atoms with Gasteiger partial charge in [0.15, 0.2) is 0 Å². The van der Waals surface area contributed by atoms with E-state index in [9.17, 15) is 0 Å². The second-order valence-corrected chi connectivity index (χ2v) is 5.61. The van der Waals surface area contributed by atoms with Crippen molar-refractivity contribution in [2.75, 3.05) is 20.3 Å². The van der Waals surface area contributed by atoms with Gasteiger partial charge in [0.2, 0.25) is 0 Å². The van der Waals surface area contributed by atoms with E-state index in [-0.39, 0.29) is 0 Å². The fourth-order valence-corrected chi connectivity index (χ4v) is 2.47. The zero-order chi connectivity index (χ0) is 15.9. The number of hydrogen-bond donors (Lipinski definition) is 1. The van der Waals surface area contributed by atoms with Crippen LogP contribution in [-0.2, 0) is 0 Å². The highest BCUT2D eigenvalue weighted by molar-refractivity contribution is 5.36. The van der Waals surface area contributed by atoms with Crippen LogP contribution < -0.4 is 15.2 Å². The molecule has 0 saturated heterocycles. The molecule has 3 nitrogen and oxygen atoms in total. The van der Waals surface area contributed by atoms with Crippen LogP contribution in [0.15, 0.2) is 42.5 Å². The third-order valence-corrected chi connectivity index (χ3v) is 3.94. The van der Waals surface area contributed by atoms with Gasteiger partial charge < -0.3 is 15.2 Å². The van der Waals surface area contributed by atoms with Crippen LogP contribution in [0.5, 0.6) is 11.5 Å². The van der Waals surface area contributed by atoms with E-state index in [0.29, 0.717) is 19.1 Å². The van der Waals surface area contributed by atoms with Crippen LogP contribution in [0.25, 0.3) is 0 Å². The molecule has 0 bridgehead atoms. The molecule has 0 fully saturated rings. The molecule has 2 rings (SSSR count). The Morgan fingerprint density at radius 2 is 1.77 bits per heavy atom. The van der Waals surface area contributed by atoms with Gasteiger partial charge in [-0.2, -0.15) is 0 Å². The maximum atomic E-state index is 5.94. The van der Waals surface area contributed by atoms with E-state index in [0.717, 1.165) is 17.9 Å². The van der Waals surface area contributed by atoms with Gasteiger partial charge in [0.05, 0.1) is 13.7 Å². The molecule has 0 aliphatic heterocycles. The zero-order valence-electron chi connectivity index (χ0n) is 13.6. The Labute approximate surface area is 133 Å². The quantitative estimate of drug-likeness (QED) is 0.845. The van der Waals surface area contributed by atoms with Crippen molar-refractivity contribution in [3.05, 3.63) is 59.2 Å². The van der Waals surface area contributed by atoms with Crippen molar-refractivity contribution in [1.82, 2.24) is 0 Å². The number of aryl methyl sites for hydroxylation is 2. The van der Waals surface area contributed by atoms with Crippen LogP contribution in [0.3, 0.4) is 0 Å². The van der Waals surface area contributed by atoms with Crippen molar-refractivity contribution < 1.29 is 9.47 Å². The molecule has 2 aromatic carbocycles. The highest BCUT2D eigenvalue weighted by Crippen LogP contribution is 2.23. The Morgan fingerprint density at radius 1 is 1.05 bits per heavy atom. The Hall–Kier alpha value is -2.00. The summed E-state index contributed by atoms with van der Waals surface area (Å²) >= 11 is 0. The molecule has 3 heteroatoms. The Kier molecular flexibility index (Phi) is 5.84. The van der Waals surface area contributed by atoms with E-state index >= 15 is 0 Å². The molecule has 0 heterocycles. The first-order valence-electron chi connectivity index (χ1n) is 7.68. The van der Waals surface area contributed by atoms with Gasteiger partial charge in [0.1, 0.15) is 11.5 Å². The van der Waals surface area contributed by atoms with Gasteiger partial charge in [0.25, 0.3) is 0 Å². The monoisotopic (exact) mass is 299 g/mol. The zero-order valence-corrected chi connectivity index (χ0v) is 13.6. The van der Waals surface area contributed by atoms with Crippen LogP contribution in [-0.4, -0.2) is 20.3 Å². The minimum Gasteiger partial charge on any atom is -0.497 e. The number of benzene rings is 2. The molecule has 0 saturated carbocycles. The van der Waals surface area contributed by atoms with Gasteiger partial charge >= 0.3 is 0 Å². The topological polar surface area (TPSA) is 44.5 Å². The number of nitrogens with two attached hydrogens (primary N) is 1. The van der Waals surface area contributed by atoms with E-state index in [4.69, 9.17) is 15.2 Å². The predicted octanol–water partition coefficient (Wildman–Crippen LogP) is 3.82. The predicted molar refractivity (Wildman–Crippen MR) is 90.8 cm³/mol. The highest BCUT2D eigenvalue weighted by Gasteiger charge is 2.10. The molecule has 0 amide bonds. The van der Waals surface area contributed by atoms with Crippen molar-refractivity contribution in [3.63, 3.8) is 0 Å². The summed E-state index contributed by atoms with van der Waals surface area (Å²) in [7, 11) is 1.67. The summed E-state index contributed by atoms with van der Waals surface area (Å²) in [4.78, 5) is 0. The lowest BCUT2D eigenvalue weighted by Gasteiger charge is -2.17. The number of ether oxygens (including phenoxy) is 2. The lowest BCUT2D eigenvalue weighted by atomic mass is 9.96. The second-order valence-electron chi connectivity index (χ2n) is 5.61. The molecule has 1 atom stereocenters. The Bertz CT molecular complexity index is 593. The molecule has 2 aromatic rings. The number of rotatable bonds is 7. The third-order valence-electron chi connectivity index (χ3n) is 3.94. The maximum absolute atomic E-state index is 5.94. The molecular weight excluding hydrogens is 274 g/mol. The molecule has 1 unspecified atom stereocenters. The highest BCUT2D eigenvalue weighted by atomic mass is 16.5. The molecule has 0 aliphatic rings. The summed E-state index contributed by atoms with van der Waals surface area (Å²) in [5.74, 6) is 2.13. The minimum absolute atomic E-state index is 0.302. The van der Waals surface area contributed by atoms with Crippen molar-refractivity contribution >= 4 is 0 Å². The molecule has 2 N–H and O–H groups in total. The largest absolute Gasteiger partial charge is 0.497 e. The third kappa shape index (κ3) is 4.25. The van der Waals surface area contributed by atoms with E-state index in [2.05, 4.69) is 44.2 Å². The average molecular weight is 299 g/mol. The van der Waals surface area contributed by atoms with Gasteiger partial charge in [0, 0.05) is 0 Å². The summed E-state index contributed by atoms with van der Waals surface area (Å²) in [6.07, 6.45) is 0.899. The summed E-state index contributed by atoms with van der Waals surface area (Å²) in [6.45, 7) is 5.42. The van der Waals surface area contributed by atoms with Crippen LogP contribution >= 0.6 is 0 Å². The SMILES string of the molecule is COc1ccc(C(CN)CCOc2cc(C)ccc2C)cc1. The molecule has 118 valence electrons. The molecule has 22 heavy (non-hydrogen) atoms. The summed E-state index contributed by atoms with van der Waals surface area (Å²) in [5.41, 5.74) is 9.53. The van der Waals surface area contributed by atoms with Gasteiger partial charge in [-0.3, -0.25) is 0 Å². The van der Waals surface area contributed by atoms with Gasteiger partial charge in [-0.1, -0.05) is 24.3 Å². The first-order valence-corrected chi connectivity index (χ1v) is 7.68. The van der Waals surface area contributed by atoms with Crippen molar-refractivity contribution in [2.24, 2.45) is 5.73 Å². The number of methoxy groups -OCH3 is 1. The van der Waals surface area contributed by atoms with E-state index < -0.39 is 0 Å². The van der Waals surface area contributed by atoms with Crippen LogP contribution in [0.2, 0.25) is 0 Å². The lowest BCUT2D eigenvalue weighted by Crippen LogP contribution is -2.15. The van der Waals surface area contributed by atoms with E-state index in [1.165, 1.54) is 16.7 Å². The van der Waals surface area contributed by atoms with Crippen molar-refractivity contribution in [1.29, 1.82) is 0 Å². The maximum Gasteiger partial charge on any atom is 0.122 e. The standard InChI is InChI=1S/C19H25NO2/c1-14-4-5-15(2)19(12-14)22-11-10-17(13-20)16-6-8-18(21-3)9-7-16/h4-9,12,17H,10-11,13,20H2,1-3H3. The van der Waals surface area contributed by atoms with E-state index in [1.54, 1.807) is 7.11 Å². The lowest BCUT2D eigenvalue weighted by molar-refractivity contribution is 0.296. The smallest absolute Gasteiger partial charge is 0.122 e. The van der Waals surface area contributed by atoms with Gasteiger partial charge in [-0.25, -0.2) is 0 Å². The molecule has 0 aromatic heterocycles. The Balaban J connectivity index is 1.94. The molecule has 0 spiro atoms. The normalized spacial score (nSPS) is 12.0.